The van der Waals surface area contributed by atoms with Crippen molar-refractivity contribution < 1.29 is 17.9 Å². The standard InChI is InChI=1S/C21H21NO4S/c1-4-26-20(23)21(13-22)18(16-9-5-14(2)6-10-16)19(21)27(24,25)17-11-7-15(3)8-12-17/h5-12,18-19H,4H2,1-3H3. The molecule has 0 bridgehead atoms. The molecule has 0 spiro atoms. The van der Waals surface area contributed by atoms with Crippen molar-refractivity contribution in [1.29, 1.82) is 5.26 Å². The number of rotatable bonds is 5. The van der Waals surface area contributed by atoms with Crippen LogP contribution in [0.3, 0.4) is 0 Å². The van der Waals surface area contributed by atoms with Crippen molar-refractivity contribution in [2.75, 3.05) is 6.61 Å². The largest absolute Gasteiger partial charge is 0.465 e. The summed E-state index contributed by atoms with van der Waals surface area (Å²) in [4.78, 5) is 12.8. The van der Waals surface area contributed by atoms with Crippen LogP contribution in [0.1, 0.15) is 29.5 Å². The molecule has 2 aromatic carbocycles. The van der Waals surface area contributed by atoms with Gasteiger partial charge < -0.3 is 4.74 Å². The molecule has 0 saturated heterocycles. The first-order valence-corrected chi connectivity index (χ1v) is 10.3. The molecule has 27 heavy (non-hydrogen) atoms. The van der Waals surface area contributed by atoms with E-state index >= 15 is 0 Å². The van der Waals surface area contributed by atoms with Gasteiger partial charge in [-0.1, -0.05) is 47.5 Å². The van der Waals surface area contributed by atoms with Crippen LogP contribution in [0.25, 0.3) is 0 Å². The number of carbonyl (C=O) groups excluding carboxylic acids is 1. The Morgan fingerprint density at radius 1 is 1.07 bits per heavy atom. The topological polar surface area (TPSA) is 84.2 Å². The molecular formula is C21H21NO4S. The summed E-state index contributed by atoms with van der Waals surface area (Å²) in [7, 11) is -3.90. The minimum atomic E-state index is -3.90. The van der Waals surface area contributed by atoms with E-state index in [0.29, 0.717) is 5.56 Å². The fraction of sp³-hybridized carbons (Fsp3) is 0.333. The molecule has 0 heterocycles. The van der Waals surface area contributed by atoms with Crippen LogP contribution in [0.4, 0.5) is 0 Å². The maximum atomic E-state index is 13.3. The summed E-state index contributed by atoms with van der Waals surface area (Å²) in [6.45, 7) is 5.50. The molecule has 1 saturated carbocycles. The maximum Gasteiger partial charge on any atom is 0.328 e. The number of hydrogen-bond acceptors (Lipinski definition) is 5. The van der Waals surface area contributed by atoms with Crippen molar-refractivity contribution in [3.63, 3.8) is 0 Å². The van der Waals surface area contributed by atoms with Crippen LogP contribution in [-0.2, 0) is 19.4 Å². The molecular weight excluding hydrogens is 362 g/mol. The van der Waals surface area contributed by atoms with Gasteiger partial charge in [0.2, 0.25) is 0 Å². The van der Waals surface area contributed by atoms with Gasteiger partial charge in [-0.15, -0.1) is 0 Å². The lowest BCUT2D eigenvalue weighted by Crippen LogP contribution is -2.25. The molecule has 2 aromatic rings. The summed E-state index contributed by atoms with van der Waals surface area (Å²) in [6.07, 6.45) is 0. The smallest absolute Gasteiger partial charge is 0.328 e. The summed E-state index contributed by atoms with van der Waals surface area (Å²) in [5.74, 6) is -1.53. The van der Waals surface area contributed by atoms with E-state index in [9.17, 15) is 18.5 Å². The predicted molar refractivity (Wildman–Crippen MR) is 101 cm³/mol. The van der Waals surface area contributed by atoms with Crippen LogP contribution < -0.4 is 0 Å². The molecule has 3 rings (SSSR count). The van der Waals surface area contributed by atoms with Crippen molar-refractivity contribution in [2.24, 2.45) is 5.41 Å². The summed E-state index contributed by atoms with van der Waals surface area (Å²) >= 11 is 0. The third kappa shape index (κ3) is 3.02. The van der Waals surface area contributed by atoms with Crippen LogP contribution in [0.2, 0.25) is 0 Å². The molecule has 140 valence electrons. The molecule has 0 aromatic heterocycles. The van der Waals surface area contributed by atoms with Gasteiger partial charge in [0.25, 0.3) is 0 Å². The lowest BCUT2D eigenvalue weighted by Gasteiger charge is -2.09. The highest BCUT2D eigenvalue weighted by molar-refractivity contribution is 7.92. The van der Waals surface area contributed by atoms with Crippen molar-refractivity contribution in [3.8, 4) is 6.07 Å². The van der Waals surface area contributed by atoms with Gasteiger partial charge in [0.05, 0.1) is 17.6 Å². The SMILES string of the molecule is CCOC(=O)C1(C#N)C(c2ccc(C)cc2)C1S(=O)(=O)c1ccc(C)cc1. The number of hydrogen-bond donors (Lipinski definition) is 0. The highest BCUT2D eigenvalue weighted by Gasteiger charge is 2.77. The van der Waals surface area contributed by atoms with Crippen LogP contribution in [0, 0.1) is 30.6 Å². The highest BCUT2D eigenvalue weighted by Crippen LogP contribution is 2.64. The van der Waals surface area contributed by atoms with E-state index < -0.39 is 32.4 Å². The lowest BCUT2D eigenvalue weighted by atomic mass is 10.00. The number of carbonyl (C=O) groups is 1. The molecule has 1 aliphatic rings. The second kappa shape index (κ2) is 6.82. The van der Waals surface area contributed by atoms with E-state index in [-0.39, 0.29) is 11.5 Å². The Hall–Kier alpha value is -2.65. The van der Waals surface area contributed by atoms with Gasteiger partial charge in [0.1, 0.15) is 5.25 Å². The minimum absolute atomic E-state index is 0.0835. The van der Waals surface area contributed by atoms with E-state index in [1.165, 1.54) is 12.1 Å². The van der Waals surface area contributed by atoms with Gasteiger partial charge in [-0.25, -0.2) is 8.42 Å². The average Bonchev–Trinajstić information content (AvgIpc) is 3.34. The molecule has 6 heteroatoms. The number of aryl methyl sites for hydroxylation is 2. The zero-order valence-electron chi connectivity index (χ0n) is 15.5. The van der Waals surface area contributed by atoms with Gasteiger partial charge in [0.15, 0.2) is 15.3 Å². The molecule has 3 unspecified atom stereocenters. The van der Waals surface area contributed by atoms with Gasteiger partial charge in [0, 0.05) is 5.92 Å². The monoisotopic (exact) mass is 383 g/mol. The van der Waals surface area contributed by atoms with Crippen molar-refractivity contribution in [1.82, 2.24) is 0 Å². The Balaban J connectivity index is 2.12. The highest BCUT2D eigenvalue weighted by atomic mass is 32.2. The Bertz CT molecular complexity index is 1000. The third-order valence-electron chi connectivity index (χ3n) is 5.05. The molecule has 3 atom stereocenters. The molecule has 0 radical (unpaired) electrons. The van der Waals surface area contributed by atoms with E-state index in [0.717, 1.165) is 11.1 Å². The first-order valence-electron chi connectivity index (χ1n) is 8.74. The van der Waals surface area contributed by atoms with Crippen LogP contribution in [0.15, 0.2) is 53.4 Å². The van der Waals surface area contributed by atoms with Crippen molar-refractivity contribution >= 4 is 15.8 Å². The quantitative estimate of drug-likeness (QED) is 0.740. The minimum Gasteiger partial charge on any atom is -0.465 e. The number of sulfone groups is 1. The first kappa shape index (κ1) is 19.1. The van der Waals surface area contributed by atoms with E-state index in [2.05, 4.69) is 0 Å². The van der Waals surface area contributed by atoms with Gasteiger partial charge in [-0.05, 0) is 38.5 Å². The van der Waals surface area contributed by atoms with Crippen LogP contribution in [-0.4, -0.2) is 26.2 Å². The van der Waals surface area contributed by atoms with Gasteiger partial charge in [-0.3, -0.25) is 4.79 Å². The zero-order valence-corrected chi connectivity index (χ0v) is 16.3. The predicted octanol–water partition coefficient (Wildman–Crippen LogP) is 3.32. The molecule has 5 nitrogen and oxygen atoms in total. The maximum absolute atomic E-state index is 13.3. The molecule has 1 aliphatic carbocycles. The molecule has 0 amide bonds. The second-order valence-electron chi connectivity index (χ2n) is 6.87. The van der Waals surface area contributed by atoms with Gasteiger partial charge >= 0.3 is 5.97 Å². The Labute approximate surface area is 159 Å². The number of esters is 1. The second-order valence-corrected chi connectivity index (χ2v) is 8.94. The molecule has 0 N–H and O–H groups in total. The third-order valence-corrected chi connectivity index (χ3v) is 7.29. The number of ether oxygens (including phenoxy) is 1. The summed E-state index contributed by atoms with van der Waals surface area (Å²) in [5, 5.41) is 8.68. The van der Waals surface area contributed by atoms with E-state index in [1.807, 2.05) is 32.0 Å². The normalized spacial score (nSPS) is 24.1. The first-order chi connectivity index (χ1) is 12.8. The average molecular weight is 383 g/mol. The zero-order chi connectivity index (χ0) is 19.8. The van der Waals surface area contributed by atoms with Crippen molar-refractivity contribution in [3.05, 3.63) is 65.2 Å². The van der Waals surface area contributed by atoms with Crippen molar-refractivity contribution in [2.45, 2.75) is 36.8 Å². The summed E-state index contributed by atoms with van der Waals surface area (Å²) in [6, 6.07) is 15.7. The number of benzene rings is 2. The van der Waals surface area contributed by atoms with Crippen LogP contribution >= 0.6 is 0 Å². The fourth-order valence-electron chi connectivity index (χ4n) is 3.54. The molecule has 1 fully saturated rings. The van der Waals surface area contributed by atoms with E-state index in [4.69, 9.17) is 4.74 Å². The summed E-state index contributed by atoms with van der Waals surface area (Å²) in [5.41, 5.74) is 0.860. The lowest BCUT2D eigenvalue weighted by molar-refractivity contribution is -0.147. The van der Waals surface area contributed by atoms with E-state index in [1.54, 1.807) is 31.2 Å². The Morgan fingerprint density at radius 3 is 2.07 bits per heavy atom. The summed E-state index contributed by atoms with van der Waals surface area (Å²) < 4.78 is 31.7. The number of nitriles is 1. The Kier molecular flexibility index (Phi) is 4.83. The molecule has 0 aliphatic heterocycles. The Morgan fingerprint density at radius 2 is 1.59 bits per heavy atom. The van der Waals surface area contributed by atoms with Gasteiger partial charge in [-0.2, -0.15) is 5.26 Å². The fourth-order valence-corrected chi connectivity index (χ4v) is 5.78. The number of nitrogens with zero attached hydrogens (tertiary/aromatic N) is 1. The van der Waals surface area contributed by atoms with Crippen LogP contribution in [0.5, 0.6) is 0 Å².